The van der Waals surface area contributed by atoms with Crippen LogP contribution in [0.3, 0.4) is 0 Å². The molecule has 1 aromatic carbocycles. The number of rotatable bonds is 6. The summed E-state index contributed by atoms with van der Waals surface area (Å²) in [7, 11) is 1.51. The van der Waals surface area contributed by atoms with E-state index in [1.807, 2.05) is 0 Å². The van der Waals surface area contributed by atoms with Gasteiger partial charge in [-0.25, -0.2) is 8.78 Å². The first-order valence-electron chi connectivity index (χ1n) is 5.03. The maximum absolute atomic E-state index is 13.0. The normalized spacial score (nSPS) is 12.4. The molecule has 17 heavy (non-hydrogen) atoms. The summed E-state index contributed by atoms with van der Waals surface area (Å²) >= 11 is 0. The Morgan fingerprint density at radius 2 is 2.18 bits per heavy atom. The van der Waals surface area contributed by atoms with Crippen LogP contribution in [0.25, 0.3) is 0 Å². The first kappa shape index (κ1) is 13.5. The summed E-state index contributed by atoms with van der Waals surface area (Å²) in [5.41, 5.74) is 5.47. The Balaban J connectivity index is 2.82. The second kappa shape index (κ2) is 6.27. The fourth-order valence-corrected chi connectivity index (χ4v) is 1.38. The van der Waals surface area contributed by atoms with Crippen molar-refractivity contribution in [2.75, 3.05) is 20.3 Å². The Morgan fingerprint density at radius 1 is 1.47 bits per heavy atom. The second-order valence-corrected chi connectivity index (χ2v) is 3.46. The summed E-state index contributed by atoms with van der Waals surface area (Å²) < 4.78 is 30.6. The number of benzene rings is 1. The molecule has 0 heterocycles. The zero-order chi connectivity index (χ0) is 12.8. The van der Waals surface area contributed by atoms with E-state index < -0.39 is 23.6 Å². The average Bonchev–Trinajstić information content (AvgIpc) is 2.28. The van der Waals surface area contributed by atoms with Gasteiger partial charge in [-0.2, -0.15) is 0 Å². The topological polar surface area (TPSA) is 64.3 Å². The Hall–Kier alpha value is -1.53. The van der Waals surface area contributed by atoms with Crippen LogP contribution >= 0.6 is 0 Å². The molecular weight excluding hydrogens is 230 g/mol. The largest absolute Gasteiger partial charge is 0.383 e. The van der Waals surface area contributed by atoms with E-state index in [-0.39, 0.29) is 5.56 Å². The van der Waals surface area contributed by atoms with E-state index >= 15 is 0 Å². The summed E-state index contributed by atoms with van der Waals surface area (Å²) in [6, 6.07) is 2.36. The smallest absolute Gasteiger partial charge is 0.239 e. The maximum Gasteiger partial charge on any atom is 0.239 e. The van der Waals surface area contributed by atoms with Crippen molar-refractivity contribution in [2.24, 2.45) is 5.73 Å². The van der Waals surface area contributed by atoms with E-state index in [1.165, 1.54) is 13.2 Å². The van der Waals surface area contributed by atoms with Gasteiger partial charge in [0.15, 0.2) is 11.6 Å². The van der Waals surface area contributed by atoms with Gasteiger partial charge in [0, 0.05) is 13.7 Å². The number of ether oxygens (including phenoxy) is 1. The quantitative estimate of drug-likeness (QED) is 0.725. The number of nitrogens with two attached hydrogens (primary N) is 1. The van der Waals surface area contributed by atoms with Gasteiger partial charge < -0.3 is 10.5 Å². The minimum Gasteiger partial charge on any atom is -0.383 e. The molecule has 1 atom stereocenters. The molecule has 4 nitrogen and oxygen atoms in total. The molecule has 0 aliphatic carbocycles. The van der Waals surface area contributed by atoms with Crippen LogP contribution in [0.15, 0.2) is 18.2 Å². The van der Waals surface area contributed by atoms with Gasteiger partial charge in [0.05, 0.1) is 6.61 Å². The van der Waals surface area contributed by atoms with E-state index in [9.17, 15) is 13.6 Å². The molecule has 0 aliphatic rings. The van der Waals surface area contributed by atoms with Gasteiger partial charge in [0.1, 0.15) is 6.04 Å². The summed E-state index contributed by atoms with van der Waals surface area (Å²) in [5, 5.41) is 2.79. The van der Waals surface area contributed by atoms with Crippen LogP contribution in [0, 0.1) is 11.6 Å². The summed E-state index contributed by atoms with van der Waals surface area (Å²) in [4.78, 5) is 11.2. The predicted octanol–water partition coefficient (Wildman–Crippen LogP) is 0.727. The lowest BCUT2D eigenvalue weighted by molar-refractivity contribution is -0.120. The number of carbonyl (C=O) groups is 1. The first-order valence-corrected chi connectivity index (χ1v) is 5.03. The van der Waals surface area contributed by atoms with Crippen LogP contribution < -0.4 is 11.1 Å². The molecule has 6 heteroatoms. The fourth-order valence-electron chi connectivity index (χ4n) is 1.38. The van der Waals surface area contributed by atoms with Crippen molar-refractivity contribution in [1.82, 2.24) is 5.32 Å². The molecule has 94 valence electrons. The third kappa shape index (κ3) is 3.76. The van der Waals surface area contributed by atoms with Crippen molar-refractivity contribution < 1.29 is 18.3 Å². The number of methoxy groups -OCH3 is 1. The van der Waals surface area contributed by atoms with Gasteiger partial charge in [-0.3, -0.25) is 10.1 Å². The van der Waals surface area contributed by atoms with Gasteiger partial charge in [-0.15, -0.1) is 0 Å². The molecule has 0 bridgehead atoms. The second-order valence-electron chi connectivity index (χ2n) is 3.46. The van der Waals surface area contributed by atoms with Gasteiger partial charge in [0.25, 0.3) is 0 Å². The molecule has 0 fully saturated rings. The summed E-state index contributed by atoms with van der Waals surface area (Å²) in [6.45, 7) is 0.760. The van der Waals surface area contributed by atoms with Crippen molar-refractivity contribution in [3.63, 3.8) is 0 Å². The van der Waals surface area contributed by atoms with Crippen molar-refractivity contribution >= 4 is 5.91 Å². The monoisotopic (exact) mass is 244 g/mol. The molecule has 0 spiro atoms. The van der Waals surface area contributed by atoms with E-state index in [2.05, 4.69) is 5.32 Å². The SMILES string of the molecule is COCCNC(C(N)=O)c1ccc(F)c(F)c1. The van der Waals surface area contributed by atoms with E-state index in [1.54, 1.807) is 0 Å². The van der Waals surface area contributed by atoms with Crippen molar-refractivity contribution in [1.29, 1.82) is 0 Å². The highest BCUT2D eigenvalue weighted by atomic mass is 19.2. The highest BCUT2D eigenvalue weighted by molar-refractivity contribution is 5.81. The van der Waals surface area contributed by atoms with Gasteiger partial charge in [-0.1, -0.05) is 6.07 Å². The molecular formula is C11H14F2N2O2. The minimum absolute atomic E-state index is 0.285. The zero-order valence-corrected chi connectivity index (χ0v) is 9.37. The zero-order valence-electron chi connectivity index (χ0n) is 9.37. The number of carbonyl (C=O) groups excluding carboxylic acids is 1. The number of primary amides is 1. The van der Waals surface area contributed by atoms with Crippen LogP contribution in [-0.2, 0) is 9.53 Å². The van der Waals surface area contributed by atoms with Crippen molar-refractivity contribution in [3.8, 4) is 0 Å². The summed E-state index contributed by atoms with van der Waals surface area (Å²) in [5.74, 6) is -2.64. The third-order valence-electron chi connectivity index (χ3n) is 2.22. The highest BCUT2D eigenvalue weighted by Gasteiger charge is 2.18. The number of hydrogen-bond donors (Lipinski definition) is 2. The lowest BCUT2D eigenvalue weighted by Gasteiger charge is -2.15. The third-order valence-corrected chi connectivity index (χ3v) is 2.22. The van der Waals surface area contributed by atoms with E-state index in [0.29, 0.717) is 13.2 Å². The van der Waals surface area contributed by atoms with Crippen LogP contribution in [0.1, 0.15) is 11.6 Å². The standard InChI is InChI=1S/C11H14F2N2O2/c1-17-5-4-15-10(11(14)16)7-2-3-8(12)9(13)6-7/h2-3,6,10,15H,4-5H2,1H3,(H2,14,16). The molecule has 3 N–H and O–H groups in total. The Labute approximate surface area is 97.8 Å². The minimum atomic E-state index is -1.01. The molecule has 1 amide bonds. The maximum atomic E-state index is 13.0. The Morgan fingerprint density at radius 3 is 2.71 bits per heavy atom. The molecule has 1 aromatic rings. The number of hydrogen-bond acceptors (Lipinski definition) is 3. The molecule has 0 saturated heterocycles. The Kier molecular flexibility index (Phi) is 4.99. The van der Waals surface area contributed by atoms with Crippen LogP contribution in [0.2, 0.25) is 0 Å². The van der Waals surface area contributed by atoms with Gasteiger partial charge in [-0.05, 0) is 17.7 Å². The molecule has 1 unspecified atom stereocenters. The van der Waals surface area contributed by atoms with Crippen molar-refractivity contribution in [2.45, 2.75) is 6.04 Å². The first-order chi connectivity index (χ1) is 8.06. The Bertz CT molecular complexity index is 399. The number of halogens is 2. The summed E-state index contributed by atoms with van der Waals surface area (Å²) in [6.07, 6.45) is 0. The number of amides is 1. The van der Waals surface area contributed by atoms with Crippen LogP contribution in [0.4, 0.5) is 8.78 Å². The molecule has 0 aromatic heterocycles. The fraction of sp³-hybridized carbons (Fsp3) is 0.364. The van der Waals surface area contributed by atoms with Gasteiger partial charge in [0.2, 0.25) is 5.91 Å². The lowest BCUT2D eigenvalue weighted by atomic mass is 10.1. The molecule has 0 aliphatic heterocycles. The number of nitrogens with one attached hydrogen (secondary N) is 1. The highest BCUT2D eigenvalue weighted by Crippen LogP contribution is 2.16. The molecule has 0 saturated carbocycles. The average molecular weight is 244 g/mol. The van der Waals surface area contributed by atoms with Crippen LogP contribution in [-0.4, -0.2) is 26.2 Å². The lowest BCUT2D eigenvalue weighted by Crippen LogP contribution is -2.35. The van der Waals surface area contributed by atoms with Gasteiger partial charge >= 0.3 is 0 Å². The molecule has 1 rings (SSSR count). The van der Waals surface area contributed by atoms with Crippen molar-refractivity contribution in [3.05, 3.63) is 35.4 Å². The van der Waals surface area contributed by atoms with E-state index in [4.69, 9.17) is 10.5 Å². The van der Waals surface area contributed by atoms with Crippen LogP contribution in [0.5, 0.6) is 0 Å². The predicted molar refractivity (Wildman–Crippen MR) is 58.2 cm³/mol. The molecule has 0 radical (unpaired) electrons. The van der Waals surface area contributed by atoms with E-state index in [0.717, 1.165) is 12.1 Å².